The predicted molar refractivity (Wildman–Crippen MR) is 65.5 cm³/mol. The zero-order valence-corrected chi connectivity index (χ0v) is 10.0. The van der Waals surface area contributed by atoms with Gasteiger partial charge in [0.15, 0.2) is 0 Å². The molecule has 1 aromatic heterocycles. The van der Waals surface area contributed by atoms with E-state index >= 15 is 0 Å². The lowest BCUT2D eigenvalue weighted by atomic mass is 10.3. The van der Waals surface area contributed by atoms with Crippen LogP contribution in [0.4, 0.5) is 0 Å². The highest BCUT2D eigenvalue weighted by Crippen LogP contribution is 2.20. The zero-order valence-electron chi connectivity index (χ0n) is 8.44. The summed E-state index contributed by atoms with van der Waals surface area (Å²) in [6.45, 7) is 1.84. The Morgan fingerprint density at radius 1 is 1.47 bits per heavy atom. The van der Waals surface area contributed by atoms with Gasteiger partial charge in [-0.3, -0.25) is 0 Å². The van der Waals surface area contributed by atoms with Crippen LogP contribution in [0.5, 0.6) is 0 Å². The van der Waals surface area contributed by atoms with E-state index in [0.717, 1.165) is 20.0 Å². The molecule has 0 N–H and O–H groups in total. The Morgan fingerprint density at radius 3 is 3.00 bits per heavy atom. The second-order valence-corrected chi connectivity index (χ2v) is 4.47. The van der Waals surface area contributed by atoms with Crippen LogP contribution in [0.15, 0.2) is 28.4 Å². The molecule has 0 aliphatic rings. The lowest BCUT2D eigenvalue weighted by Crippen LogP contribution is -2.08. The molecule has 0 aliphatic carbocycles. The van der Waals surface area contributed by atoms with Crippen molar-refractivity contribution in [1.82, 2.24) is 4.57 Å². The second kappa shape index (κ2) is 4.16. The molecule has 0 saturated carbocycles. The Morgan fingerprint density at radius 2 is 2.27 bits per heavy atom. The molecule has 78 valence electrons. The topological polar surface area (TPSA) is 29.6 Å². The summed E-state index contributed by atoms with van der Waals surface area (Å²) in [4.78, 5) is 0.866. The van der Waals surface area contributed by atoms with E-state index in [1.807, 2.05) is 36.7 Å². The summed E-state index contributed by atoms with van der Waals surface area (Å²) in [6.07, 6.45) is 1.66. The minimum atomic E-state index is 0.745. The number of halogens is 1. The number of nitrogens with zero attached hydrogens (tertiary/aromatic N) is 3. The molecule has 15 heavy (non-hydrogen) atoms. The van der Waals surface area contributed by atoms with Crippen LogP contribution in [0.3, 0.4) is 0 Å². The highest BCUT2D eigenvalue weighted by molar-refractivity contribution is 7.16. The van der Waals surface area contributed by atoms with Crippen molar-refractivity contribution in [3.05, 3.63) is 28.0 Å². The summed E-state index contributed by atoms with van der Waals surface area (Å²) < 4.78 is 3.12. The van der Waals surface area contributed by atoms with E-state index in [9.17, 15) is 0 Å². The first kappa shape index (κ1) is 10.4. The van der Waals surface area contributed by atoms with Crippen molar-refractivity contribution >= 4 is 39.4 Å². The van der Waals surface area contributed by atoms with E-state index in [4.69, 9.17) is 11.6 Å². The van der Waals surface area contributed by atoms with E-state index in [0.29, 0.717) is 0 Å². The highest BCUT2D eigenvalue weighted by atomic mass is 35.5. The molecule has 0 fully saturated rings. The van der Waals surface area contributed by atoms with Crippen molar-refractivity contribution in [2.24, 2.45) is 17.3 Å². The summed E-state index contributed by atoms with van der Waals surface area (Å²) in [5.41, 5.74) is 1.12. The Balaban J connectivity index is 2.74. The summed E-state index contributed by atoms with van der Waals surface area (Å²) in [7, 11) is 1.97. The molecular formula is C10H10ClN3S. The van der Waals surface area contributed by atoms with Gasteiger partial charge in [-0.2, -0.15) is 5.10 Å². The van der Waals surface area contributed by atoms with Gasteiger partial charge < -0.3 is 4.57 Å². The molecule has 0 radical (unpaired) electrons. The Hall–Kier alpha value is -1.13. The monoisotopic (exact) mass is 239 g/mol. The molecule has 0 amide bonds. The van der Waals surface area contributed by atoms with E-state index in [2.05, 4.69) is 10.2 Å². The van der Waals surface area contributed by atoms with Crippen LogP contribution in [-0.4, -0.2) is 10.8 Å². The summed E-state index contributed by atoms with van der Waals surface area (Å²) in [5, 5.41) is 8.72. The van der Waals surface area contributed by atoms with Gasteiger partial charge in [0.05, 0.1) is 10.2 Å². The average molecular weight is 240 g/mol. The first-order chi connectivity index (χ1) is 7.22. The minimum Gasteiger partial charge on any atom is -0.318 e. The highest BCUT2D eigenvalue weighted by Gasteiger charge is 2.02. The number of hydrogen-bond acceptors (Lipinski definition) is 3. The SMILES string of the molecule is C/C=N/N=c1/sc2cc(Cl)ccc2n1C. The van der Waals surface area contributed by atoms with Crippen LogP contribution in [-0.2, 0) is 7.05 Å². The Kier molecular flexibility index (Phi) is 2.88. The Labute approximate surface area is 96.3 Å². The van der Waals surface area contributed by atoms with E-state index in [1.165, 1.54) is 0 Å². The van der Waals surface area contributed by atoms with Crippen LogP contribution in [0.2, 0.25) is 5.02 Å². The summed E-state index contributed by atoms with van der Waals surface area (Å²) in [6, 6.07) is 5.81. The quantitative estimate of drug-likeness (QED) is 0.541. The molecular weight excluding hydrogens is 230 g/mol. The Bertz CT molecular complexity index is 580. The van der Waals surface area contributed by atoms with Crippen molar-refractivity contribution in [2.75, 3.05) is 0 Å². The molecule has 0 unspecified atom stereocenters. The van der Waals surface area contributed by atoms with Crippen LogP contribution in [0.25, 0.3) is 10.2 Å². The van der Waals surface area contributed by atoms with Crippen molar-refractivity contribution < 1.29 is 0 Å². The number of benzene rings is 1. The van der Waals surface area contributed by atoms with Crippen LogP contribution in [0.1, 0.15) is 6.92 Å². The van der Waals surface area contributed by atoms with Gasteiger partial charge in [0.1, 0.15) is 0 Å². The predicted octanol–water partition coefficient (Wildman–Crippen LogP) is 2.80. The molecule has 0 spiro atoms. The molecule has 0 atom stereocenters. The average Bonchev–Trinajstić information content (AvgIpc) is 2.52. The van der Waals surface area contributed by atoms with Gasteiger partial charge >= 0.3 is 0 Å². The van der Waals surface area contributed by atoms with E-state index in [1.54, 1.807) is 17.6 Å². The first-order valence-corrected chi connectivity index (χ1v) is 5.68. The van der Waals surface area contributed by atoms with Crippen molar-refractivity contribution in [3.63, 3.8) is 0 Å². The van der Waals surface area contributed by atoms with Crippen LogP contribution >= 0.6 is 22.9 Å². The van der Waals surface area contributed by atoms with Crippen LogP contribution < -0.4 is 4.80 Å². The molecule has 0 saturated heterocycles. The van der Waals surface area contributed by atoms with Crippen molar-refractivity contribution in [3.8, 4) is 0 Å². The van der Waals surface area contributed by atoms with E-state index in [-0.39, 0.29) is 0 Å². The van der Waals surface area contributed by atoms with Gasteiger partial charge in [-0.25, -0.2) is 0 Å². The van der Waals surface area contributed by atoms with Gasteiger partial charge in [-0.05, 0) is 25.1 Å². The van der Waals surface area contributed by atoms with Gasteiger partial charge in [-0.1, -0.05) is 22.9 Å². The fraction of sp³-hybridized carbons (Fsp3) is 0.200. The van der Waals surface area contributed by atoms with E-state index < -0.39 is 0 Å². The minimum absolute atomic E-state index is 0.745. The molecule has 3 nitrogen and oxygen atoms in total. The molecule has 2 aromatic rings. The molecule has 0 aliphatic heterocycles. The molecule has 1 heterocycles. The maximum Gasteiger partial charge on any atom is 0.211 e. The number of aryl methyl sites for hydroxylation is 1. The molecule has 0 bridgehead atoms. The summed E-state index contributed by atoms with van der Waals surface area (Å²) >= 11 is 7.50. The summed E-state index contributed by atoms with van der Waals surface area (Å²) in [5.74, 6) is 0. The van der Waals surface area contributed by atoms with Gasteiger partial charge in [0.25, 0.3) is 0 Å². The smallest absolute Gasteiger partial charge is 0.211 e. The lowest BCUT2D eigenvalue weighted by Gasteiger charge is -1.93. The normalized spacial score (nSPS) is 13.1. The fourth-order valence-electron chi connectivity index (χ4n) is 1.31. The van der Waals surface area contributed by atoms with Gasteiger partial charge in [0, 0.05) is 18.3 Å². The van der Waals surface area contributed by atoms with Gasteiger partial charge in [0.2, 0.25) is 4.80 Å². The largest absolute Gasteiger partial charge is 0.318 e. The maximum absolute atomic E-state index is 5.92. The number of fused-ring (bicyclic) bond motifs is 1. The van der Waals surface area contributed by atoms with Crippen molar-refractivity contribution in [1.29, 1.82) is 0 Å². The molecule has 2 rings (SSSR count). The van der Waals surface area contributed by atoms with Gasteiger partial charge in [-0.15, -0.1) is 5.10 Å². The maximum atomic E-state index is 5.92. The number of rotatable bonds is 1. The third kappa shape index (κ3) is 1.96. The van der Waals surface area contributed by atoms with Crippen LogP contribution in [0, 0.1) is 0 Å². The number of hydrogen-bond donors (Lipinski definition) is 0. The zero-order chi connectivity index (χ0) is 10.8. The molecule has 1 aromatic carbocycles. The van der Waals surface area contributed by atoms with Crippen molar-refractivity contribution in [2.45, 2.75) is 6.92 Å². The standard InChI is InChI=1S/C10H10ClN3S/c1-3-12-13-10-14(2)8-5-4-7(11)6-9(8)15-10/h3-6H,1-2H3/b12-3+,13-10+. The third-order valence-electron chi connectivity index (χ3n) is 2.03. The third-order valence-corrected chi connectivity index (χ3v) is 3.35. The molecule has 5 heteroatoms. The first-order valence-electron chi connectivity index (χ1n) is 4.49. The second-order valence-electron chi connectivity index (χ2n) is 3.03. The lowest BCUT2D eigenvalue weighted by molar-refractivity contribution is 0.889. The number of thiazole rings is 1. The number of aromatic nitrogens is 1. The fourth-order valence-corrected chi connectivity index (χ4v) is 2.56.